The SMILES string of the molecule is Cc1ccc(S(=O)(=O)NNC(=O)CC2CCS(=O)(=O)C2)cc1. The lowest BCUT2D eigenvalue weighted by atomic mass is 10.1. The quantitative estimate of drug-likeness (QED) is 0.737. The fourth-order valence-corrected chi connectivity index (χ4v) is 4.97. The van der Waals surface area contributed by atoms with Crippen LogP contribution in [0.1, 0.15) is 18.4 Å². The third-order valence-electron chi connectivity index (χ3n) is 3.46. The summed E-state index contributed by atoms with van der Waals surface area (Å²) in [7, 11) is -6.88. The summed E-state index contributed by atoms with van der Waals surface area (Å²) in [5, 5.41) is 0. The van der Waals surface area contributed by atoms with E-state index in [2.05, 4.69) is 5.43 Å². The molecule has 7 nitrogen and oxygen atoms in total. The molecule has 22 heavy (non-hydrogen) atoms. The van der Waals surface area contributed by atoms with E-state index in [1.165, 1.54) is 12.1 Å². The molecule has 1 unspecified atom stereocenters. The highest BCUT2D eigenvalue weighted by Gasteiger charge is 2.29. The van der Waals surface area contributed by atoms with Crippen molar-refractivity contribution in [2.75, 3.05) is 11.5 Å². The van der Waals surface area contributed by atoms with Gasteiger partial charge in [0, 0.05) is 6.42 Å². The van der Waals surface area contributed by atoms with Gasteiger partial charge in [0.05, 0.1) is 16.4 Å². The van der Waals surface area contributed by atoms with Crippen LogP contribution >= 0.6 is 0 Å². The van der Waals surface area contributed by atoms with Crippen LogP contribution in [0.4, 0.5) is 0 Å². The number of aryl methyl sites for hydroxylation is 1. The zero-order chi connectivity index (χ0) is 16.4. The third kappa shape index (κ3) is 4.52. The second kappa shape index (κ2) is 6.35. The lowest BCUT2D eigenvalue weighted by molar-refractivity contribution is -0.122. The van der Waals surface area contributed by atoms with E-state index >= 15 is 0 Å². The molecule has 1 saturated heterocycles. The topological polar surface area (TPSA) is 109 Å². The molecule has 1 amide bonds. The normalized spacial score (nSPS) is 20.7. The number of benzene rings is 1. The highest BCUT2D eigenvalue weighted by molar-refractivity contribution is 7.91. The lowest BCUT2D eigenvalue weighted by Gasteiger charge is -2.10. The smallest absolute Gasteiger partial charge is 0.257 e. The summed E-state index contributed by atoms with van der Waals surface area (Å²) in [6, 6.07) is 6.18. The van der Waals surface area contributed by atoms with Gasteiger partial charge in [0.2, 0.25) is 5.91 Å². The fourth-order valence-electron chi connectivity index (χ4n) is 2.25. The Morgan fingerprint density at radius 3 is 2.45 bits per heavy atom. The van der Waals surface area contributed by atoms with Crippen LogP contribution in [0.25, 0.3) is 0 Å². The van der Waals surface area contributed by atoms with Gasteiger partial charge in [-0.2, -0.15) is 0 Å². The first-order valence-corrected chi connectivity index (χ1v) is 10.1. The molecule has 9 heteroatoms. The van der Waals surface area contributed by atoms with E-state index in [-0.39, 0.29) is 28.7 Å². The van der Waals surface area contributed by atoms with Gasteiger partial charge in [-0.15, -0.1) is 4.83 Å². The predicted molar refractivity (Wildman–Crippen MR) is 81.0 cm³/mol. The third-order valence-corrected chi connectivity index (χ3v) is 6.56. The molecule has 2 rings (SSSR count). The van der Waals surface area contributed by atoms with Crippen molar-refractivity contribution in [1.82, 2.24) is 10.3 Å². The van der Waals surface area contributed by atoms with Crippen molar-refractivity contribution in [1.29, 1.82) is 0 Å². The standard InChI is InChI=1S/C13H18N2O5S2/c1-10-2-4-12(5-3-10)22(19,20)15-14-13(16)8-11-6-7-21(17,18)9-11/h2-5,11,15H,6-9H2,1H3,(H,14,16). The molecule has 0 spiro atoms. The van der Waals surface area contributed by atoms with Gasteiger partial charge >= 0.3 is 0 Å². The molecular formula is C13H18N2O5S2. The van der Waals surface area contributed by atoms with Crippen LogP contribution in [0.15, 0.2) is 29.2 Å². The predicted octanol–water partition coefficient (Wildman–Crippen LogP) is 0.129. The minimum atomic E-state index is -3.83. The molecule has 1 fully saturated rings. The maximum atomic E-state index is 12.0. The number of amides is 1. The summed E-state index contributed by atoms with van der Waals surface area (Å²) < 4.78 is 46.6. The molecule has 1 aromatic carbocycles. The van der Waals surface area contributed by atoms with Gasteiger partial charge in [-0.3, -0.25) is 10.2 Å². The minimum absolute atomic E-state index is 0.0182. The molecule has 1 aliphatic heterocycles. The van der Waals surface area contributed by atoms with Crippen molar-refractivity contribution in [2.24, 2.45) is 5.92 Å². The van der Waals surface area contributed by atoms with Gasteiger partial charge < -0.3 is 0 Å². The molecule has 0 bridgehead atoms. The molecule has 1 aromatic rings. The van der Waals surface area contributed by atoms with Gasteiger partial charge in [-0.25, -0.2) is 16.8 Å². The molecule has 0 aromatic heterocycles. The summed E-state index contributed by atoms with van der Waals surface area (Å²) >= 11 is 0. The fraction of sp³-hybridized carbons (Fsp3) is 0.462. The zero-order valence-corrected chi connectivity index (χ0v) is 13.7. The van der Waals surface area contributed by atoms with Crippen molar-refractivity contribution in [2.45, 2.75) is 24.7 Å². The Bertz CT molecular complexity index is 754. The van der Waals surface area contributed by atoms with Crippen molar-refractivity contribution in [3.05, 3.63) is 29.8 Å². The summed E-state index contributed by atoms with van der Waals surface area (Å²) in [5.74, 6) is -0.739. The Hall–Kier alpha value is -1.45. The van der Waals surface area contributed by atoms with Crippen molar-refractivity contribution in [3.8, 4) is 0 Å². The van der Waals surface area contributed by atoms with Gasteiger partial charge in [-0.1, -0.05) is 17.7 Å². The molecular weight excluding hydrogens is 328 g/mol. The van der Waals surface area contributed by atoms with Crippen LogP contribution < -0.4 is 10.3 Å². The van der Waals surface area contributed by atoms with Crippen LogP contribution in [0.5, 0.6) is 0 Å². The monoisotopic (exact) mass is 346 g/mol. The second-order valence-corrected chi connectivity index (χ2v) is 9.35. The molecule has 0 radical (unpaired) electrons. The number of carbonyl (C=O) groups excluding carboxylic acids is 1. The van der Waals surface area contributed by atoms with E-state index in [1.54, 1.807) is 12.1 Å². The number of hydrogen-bond acceptors (Lipinski definition) is 5. The Kier molecular flexibility index (Phi) is 4.88. The number of sulfone groups is 1. The Morgan fingerprint density at radius 2 is 1.91 bits per heavy atom. The van der Waals surface area contributed by atoms with Crippen LogP contribution in [0.2, 0.25) is 0 Å². The van der Waals surface area contributed by atoms with E-state index in [1.807, 2.05) is 11.8 Å². The van der Waals surface area contributed by atoms with E-state index in [9.17, 15) is 21.6 Å². The van der Waals surface area contributed by atoms with Crippen LogP contribution in [0.3, 0.4) is 0 Å². The minimum Gasteiger partial charge on any atom is -0.278 e. The molecule has 2 N–H and O–H groups in total. The Balaban J connectivity index is 1.89. The number of carbonyl (C=O) groups is 1. The largest absolute Gasteiger partial charge is 0.278 e. The van der Waals surface area contributed by atoms with Crippen molar-refractivity contribution < 1.29 is 21.6 Å². The molecule has 0 saturated carbocycles. The van der Waals surface area contributed by atoms with E-state index in [0.29, 0.717) is 6.42 Å². The lowest BCUT2D eigenvalue weighted by Crippen LogP contribution is -2.42. The first-order chi connectivity index (χ1) is 10.2. The van der Waals surface area contributed by atoms with Crippen LogP contribution in [-0.2, 0) is 24.7 Å². The molecule has 1 aliphatic rings. The number of nitrogens with one attached hydrogen (secondary N) is 2. The van der Waals surface area contributed by atoms with E-state index in [0.717, 1.165) is 5.56 Å². The maximum absolute atomic E-state index is 12.0. The van der Waals surface area contributed by atoms with Gasteiger partial charge in [0.15, 0.2) is 9.84 Å². The van der Waals surface area contributed by atoms with Crippen molar-refractivity contribution in [3.63, 3.8) is 0 Å². The Morgan fingerprint density at radius 1 is 1.27 bits per heavy atom. The zero-order valence-electron chi connectivity index (χ0n) is 12.1. The molecule has 1 heterocycles. The highest BCUT2D eigenvalue weighted by atomic mass is 32.2. The summed E-state index contributed by atoms with van der Waals surface area (Å²) in [6.45, 7) is 1.83. The maximum Gasteiger partial charge on any atom is 0.257 e. The molecule has 0 aliphatic carbocycles. The van der Waals surface area contributed by atoms with E-state index < -0.39 is 25.8 Å². The average molecular weight is 346 g/mol. The average Bonchev–Trinajstić information content (AvgIpc) is 2.76. The second-order valence-electron chi connectivity index (χ2n) is 5.44. The van der Waals surface area contributed by atoms with E-state index in [4.69, 9.17) is 0 Å². The summed E-state index contributed by atoms with van der Waals surface area (Å²) in [6.07, 6.45) is 0.413. The number of sulfonamides is 1. The molecule has 122 valence electrons. The summed E-state index contributed by atoms with van der Waals surface area (Å²) in [5.41, 5.74) is 3.04. The van der Waals surface area contributed by atoms with Crippen LogP contribution in [-0.4, -0.2) is 34.2 Å². The number of rotatable bonds is 5. The molecule has 1 atom stereocenters. The highest BCUT2D eigenvalue weighted by Crippen LogP contribution is 2.21. The van der Waals surface area contributed by atoms with Crippen LogP contribution in [0, 0.1) is 12.8 Å². The number of hydrazine groups is 1. The van der Waals surface area contributed by atoms with Crippen molar-refractivity contribution >= 4 is 25.8 Å². The first kappa shape index (κ1) is 16.9. The number of hydrogen-bond donors (Lipinski definition) is 2. The van der Waals surface area contributed by atoms with Gasteiger partial charge in [0.1, 0.15) is 0 Å². The summed E-state index contributed by atoms with van der Waals surface area (Å²) in [4.78, 5) is 13.8. The van der Waals surface area contributed by atoms with Gasteiger partial charge in [0.25, 0.3) is 10.0 Å². The Labute approximate surface area is 130 Å². The first-order valence-electron chi connectivity index (χ1n) is 6.76. The van der Waals surface area contributed by atoms with Gasteiger partial charge in [-0.05, 0) is 31.4 Å².